The Morgan fingerprint density at radius 2 is 2.22 bits per heavy atom. The van der Waals surface area contributed by atoms with Gasteiger partial charge in [0.05, 0.1) is 11.4 Å². The van der Waals surface area contributed by atoms with Crippen LogP contribution >= 0.6 is 11.8 Å². The smallest absolute Gasteiger partial charge is 0.251 e. The number of rotatable bonds is 7. The lowest BCUT2D eigenvalue weighted by Crippen LogP contribution is -2.32. The molecule has 0 bridgehead atoms. The van der Waals surface area contributed by atoms with Crippen molar-refractivity contribution in [3.8, 4) is 0 Å². The normalized spacial score (nSPS) is 18.4. The maximum atomic E-state index is 12.2. The summed E-state index contributed by atoms with van der Waals surface area (Å²) in [4.78, 5) is 24.0. The van der Waals surface area contributed by atoms with Crippen LogP contribution in [0.4, 0.5) is 0 Å². The lowest BCUT2D eigenvalue weighted by molar-refractivity contribution is -0.120. The third-order valence-corrected chi connectivity index (χ3v) is 4.81. The van der Waals surface area contributed by atoms with Gasteiger partial charge >= 0.3 is 0 Å². The number of ether oxygens (including phenoxy) is 1. The van der Waals surface area contributed by atoms with Crippen LogP contribution in [0.15, 0.2) is 24.3 Å². The first-order valence-electron chi connectivity index (χ1n) is 7.89. The number of thioether (sulfide) groups is 1. The fourth-order valence-electron chi connectivity index (χ4n) is 2.38. The second-order valence-corrected chi connectivity index (χ2v) is 6.82. The summed E-state index contributed by atoms with van der Waals surface area (Å²) in [6.07, 6.45) is 4.10. The topological polar surface area (TPSA) is 67.4 Å². The average Bonchev–Trinajstić information content (AvgIpc) is 3.10. The molecule has 0 saturated carbocycles. The Morgan fingerprint density at radius 3 is 2.91 bits per heavy atom. The fourth-order valence-corrected chi connectivity index (χ4v) is 2.67. The van der Waals surface area contributed by atoms with E-state index in [-0.39, 0.29) is 23.2 Å². The second kappa shape index (κ2) is 8.93. The molecule has 1 aromatic rings. The molecule has 1 saturated heterocycles. The molecule has 5 nitrogen and oxygen atoms in total. The largest absolute Gasteiger partial charge is 0.376 e. The summed E-state index contributed by atoms with van der Waals surface area (Å²) in [5, 5.41) is 5.71. The lowest BCUT2D eigenvalue weighted by atomic mass is 10.1. The van der Waals surface area contributed by atoms with Crippen molar-refractivity contribution in [2.75, 3.05) is 19.4 Å². The maximum absolute atomic E-state index is 12.2. The van der Waals surface area contributed by atoms with Crippen molar-refractivity contribution in [2.45, 2.75) is 37.7 Å². The van der Waals surface area contributed by atoms with E-state index in [2.05, 4.69) is 10.6 Å². The molecule has 1 aliphatic heterocycles. The molecule has 0 spiro atoms. The second-order valence-electron chi connectivity index (χ2n) is 5.64. The molecule has 2 amide bonds. The molecule has 0 aliphatic carbocycles. The highest BCUT2D eigenvalue weighted by Gasteiger charge is 2.17. The molecule has 0 radical (unpaired) electrons. The summed E-state index contributed by atoms with van der Waals surface area (Å²) in [7, 11) is 0. The van der Waals surface area contributed by atoms with Gasteiger partial charge in [-0.1, -0.05) is 12.1 Å². The molecule has 1 aromatic carbocycles. The van der Waals surface area contributed by atoms with Gasteiger partial charge in [-0.3, -0.25) is 9.59 Å². The molecule has 23 heavy (non-hydrogen) atoms. The van der Waals surface area contributed by atoms with Crippen molar-refractivity contribution < 1.29 is 14.3 Å². The Hall–Kier alpha value is -1.53. The summed E-state index contributed by atoms with van der Waals surface area (Å²) in [6, 6.07) is 7.33. The average molecular weight is 336 g/mol. The van der Waals surface area contributed by atoms with Crippen LogP contribution in [0.25, 0.3) is 0 Å². The fraction of sp³-hybridized carbons (Fsp3) is 0.529. The van der Waals surface area contributed by atoms with Crippen LogP contribution in [-0.4, -0.2) is 42.6 Å². The predicted molar refractivity (Wildman–Crippen MR) is 92.6 cm³/mol. The SMILES string of the molecule is CS[C@@H](C)C(=O)NCc1cccc(C(=O)NC[C@H]2CCCO2)c1. The first-order valence-corrected chi connectivity index (χ1v) is 9.18. The number of carbonyl (C=O) groups excluding carboxylic acids is 2. The minimum atomic E-state index is -0.105. The molecule has 1 fully saturated rings. The minimum absolute atomic E-state index is 0.00531. The minimum Gasteiger partial charge on any atom is -0.376 e. The Labute approximate surface area is 141 Å². The number of hydrogen-bond donors (Lipinski definition) is 2. The Kier molecular flexibility index (Phi) is 6.92. The quantitative estimate of drug-likeness (QED) is 0.799. The lowest BCUT2D eigenvalue weighted by Gasteiger charge is -2.12. The Balaban J connectivity index is 1.85. The van der Waals surface area contributed by atoms with E-state index in [4.69, 9.17) is 4.74 Å². The molecule has 126 valence electrons. The molecule has 6 heteroatoms. The monoisotopic (exact) mass is 336 g/mol. The molecular formula is C17H24N2O3S. The Morgan fingerprint density at radius 1 is 1.39 bits per heavy atom. The van der Waals surface area contributed by atoms with Crippen LogP contribution in [0.2, 0.25) is 0 Å². The van der Waals surface area contributed by atoms with Crippen LogP contribution in [-0.2, 0) is 16.1 Å². The number of hydrogen-bond acceptors (Lipinski definition) is 4. The van der Waals surface area contributed by atoms with Crippen LogP contribution in [0.3, 0.4) is 0 Å². The highest BCUT2D eigenvalue weighted by molar-refractivity contribution is 7.99. The zero-order valence-corrected chi connectivity index (χ0v) is 14.4. The third kappa shape index (κ3) is 5.55. The van der Waals surface area contributed by atoms with E-state index in [1.807, 2.05) is 31.4 Å². The number of benzene rings is 1. The summed E-state index contributed by atoms with van der Waals surface area (Å²) in [5.74, 6) is -0.100. The van der Waals surface area contributed by atoms with Crippen molar-refractivity contribution in [1.29, 1.82) is 0 Å². The summed E-state index contributed by atoms with van der Waals surface area (Å²) in [5.41, 5.74) is 1.52. The van der Waals surface area contributed by atoms with Gasteiger partial charge < -0.3 is 15.4 Å². The molecule has 2 atom stereocenters. The van der Waals surface area contributed by atoms with Gasteiger partial charge in [0.1, 0.15) is 0 Å². The van der Waals surface area contributed by atoms with Crippen LogP contribution in [0, 0.1) is 0 Å². The van der Waals surface area contributed by atoms with E-state index < -0.39 is 0 Å². The maximum Gasteiger partial charge on any atom is 0.251 e. The van der Waals surface area contributed by atoms with Crippen molar-refractivity contribution in [3.05, 3.63) is 35.4 Å². The highest BCUT2D eigenvalue weighted by Crippen LogP contribution is 2.11. The molecule has 0 aromatic heterocycles. The molecule has 1 heterocycles. The van der Waals surface area contributed by atoms with Crippen molar-refractivity contribution in [3.63, 3.8) is 0 Å². The summed E-state index contributed by atoms with van der Waals surface area (Å²) in [6.45, 7) is 3.63. The van der Waals surface area contributed by atoms with Gasteiger partial charge in [0, 0.05) is 25.3 Å². The van der Waals surface area contributed by atoms with E-state index in [1.165, 1.54) is 11.8 Å². The summed E-state index contributed by atoms with van der Waals surface area (Å²) >= 11 is 1.51. The van der Waals surface area contributed by atoms with E-state index in [0.717, 1.165) is 25.0 Å². The van der Waals surface area contributed by atoms with E-state index in [1.54, 1.807) is 6.07 Å². The van der Waals surface area contributed by atoms with Gasteiger partial charge in [0.25, 0.3) is 5.91 Å². The van der Waals surface area contributed by atoms with Gasteiger partial charge in [-0.2, -0.15) is 11.8 Å². The van der Waals surface area contributed by atoms with Gasteiger partial charge in [0.15, 0.2) is 0 Å². The Bertz CT molecular complexity index is 544. The van der Waals surface area contributed by atoms with E-state index in [0.29, 0.717) is 18.7 Å². The summed E-state index contributed by atoms with van der Waals surface area (Å²) < 4.78 is 5.50. The first-order chi connectivity index (χ1) is 11.1. The van der Waals surface area contributed by atoms with E-state index in [9.17, 15) is 9.59 Å². The highest BCUT2D eigenvalue weighted by atomic mass is 32.2. The molecule has 2 rings (SSSR count). The van der Waals surface area contributed by atoms with Crippen molar-refractivity contribution in [2.24, 2.45) is 0 Å². The van der Waals surface area contributed by atoms with Crippen molar-refractivity contribution in [1.82, 2.24) is 10.6 Å². The number of nitrogens with one attached hydrogen (secondary N) is 2. The van der Waals surface area contributed by atoms with Crippen LogP contribution < -0.4 is 10.6 Å². The number of carbonyl (C=O) groups is 2. The molecule has 0 unspecified atom stereocenters. The standard InChI is InChI=1S/C17H24N2O3S/c1-12(23-2)16(20)18-10-13-5-3-6-14(9-13)17(21)19-11-15-7-4-8-22-15/h3,5-6,9,12,15H,4,7-8,10-11H2,1-2H3,(H,18,20)(H,19,21)/t12-,15+/m0/s1. The predicted octanol–water partition coefficient (Wildman–Crippen LogP) is 1.96. The number of amides is 2. The van der Waals surface area contributed by atoms with Gasteiger partial charge in [-0.15, -0.1) is 0 Å². The first kappa shape index (κ1) is 17.8. The molecular weight excluding hydrogens is 312 g/mol. The van der Waals surface area contributed by atoms with Gasteiger partial charge in [-0.25, -0.2) is 0 Å². The van der Waals surface area contributed by atoms with Gasteiger partial charge in [-0.05, 0) is 43.7 Å². The van der Waals surface area contributed by atoms with E-state index >= 15 is 0 Å². The van der Waals surface area contributed by atoms with Crippen LogP contribution in [0.1, 0.15) is 35.7 Å². The molecule has 1 aliphatic rings. The van der Waals surface area contributed by atoms with Gasteiger partial charge in [0.2, 0.25) is 5.91 Å². The zero-order chi connectivity index (χ0) is 16.7. The third-order valence-electron chi connectivity index (χ3n) is 3.89. The zero-order valence-electron chi connectivity index (χ0n) is 13.6. The molecule has 2 N–H and O–H groups in total. The van der Waals surface area contributed by atoms with Crippen LogP contribution in [0.5, 0.6) is 0 Å². The van der Waals surface area contributed by atoms with Crippen molar-refractivity contribution >= 4 is 23.6 Å².